The minimum atomic E-state index is -3.57. The number of hydrogen-bond acceptors (Lipinski definition) is 5. The lowest BCUT2D eigenvalue weighted by Crippen LogP contribution is -2.31. The summed E-state index contributed by atoms with van der Waals surface area (Å²) in [6.45, 7) is 1.44. The molecule has 2 N–H and O–H groups in total. The van der Waals surface area contributed by atoms with Crippen LogP contribution in [0.15, 0.2) is 64.5 Å². The van der Waals surface area contributed by atoms with E-state index in [-0.39, 0.29) is 4.90 Å². The molecule has 1 aromatic carbocycles. The maximum atomic E-state index is 12.5. The normalized spacial score (nSPS) is 11.7. The van der Waals surface area contributed by atoms with E-state index in [0.717, 1.165) is 15.6 Å². The Kier molecular flexibility index (Phi) is 5.74. The predicted molar refractivity (Wildman–Crippen MR) is 101 cm³/mol. The highest BCUT2D eigenvalue weighted by molar-refractivity contribution is 9.10. The number of nitrogens with zero attached hydrogens (tertiary/aromatic N) is 2. The van der Waals surface area contributed by atoms with Gasteiger partial charge in [-0.2, -0.15) is 0 Å². The molecule has 6 nitrogen and oxygen atoms in total. The second-order valence-corrected chi connectivity index (χ2v) is 7.96. The van der Waals surface area contributed by atoms with Crippen LogP contribution in [0.2, 0.25) is 0 Å². The first-order valence-corrected chi connectivity index (χ1v) is 9.97. The van der Waals surface area contributed by atoms with E-state index in [0.29, 0.717) is 25.0 Å². The highest BCUT2D eigenvalue weighted by atomic mass is 79.9. The van der Waals surface area contributed by atoms with Gasteiger partial charge in [0, 0.05) is 49.0 Å². The lowest BCUT2D eigenvalue weighted by atomic mass is 10.2. The van der Waals surface area contributed by atoms with Gasteiger partial charge >= 0.3 is 0 Å². The van der Waals surface area contributed by atoms with Crippen molar-refractivity contribution in [2.75, 3.05) is 13.1 Å². The zero-order valence-electron chi connectivity index (χ0n) is 13.3. The average Bonchev–Trinajstić information content (AvgIpc) is 2.62. The molecule has 3 aromatic rings. The molecular weight excluding hydrogens is 404 g/mol. The largest absolute Gasteiger partial charge is 0.311 e. The van der Waals surface area contributed by atoms with Crippen LogP contribution in [-0.2, 0) is 16.6 Å². The number of nitrogens with one attached hydrogen (secondary N) is 2. The molecule has 0 saturated carbocycles. The van der Waals surface area contributed by atoms with Gasteiger partial charge in [-0.1, -0.05) is 18.2 Å². The van der Waals surface area contributed by atoms with Gasteiger partial charge in [-0.25, -0.2) is 18.1 Å². The Morgan fingerprint density at radius 2 is 1.92 bits per heavy atom. The van der Waals surface area contributed by atoms with Gasteiger partial charge in [-0.3, -0.25) is 4.98 Å². The summed E-state index contributed by atoms with van der Waals surface area (Å²) in [4.78, 5) is 8.44. The van der Waals surface area contributed by atoms with Gasteiger partial charge in [-0.15, -0.1) is 0 Å². The van der Waals surface area contributed by atoms with E-state index in [4.69, 9.17) is 0 Å². The van der Waals surface area contributed by atoms with Gasteiger partial charge in [0.15, 0.2) is 0 Å². The van der Waals surface area contributed by atoms with Gasteiger partial charge < -0.3 is 5.32 Å². The van der Waals surface area contributed by atoms with E-state index in [9.17, 15) is 8.42 Å². The average molecular weight is 421 g/mol. The van der Waals surface area contributed by atoms with Crippen molar-refractivity contribution in [3.63, 3.8) is 0 Å². The Morgan fingerprint density at radius 1 is 1.04 bits per heavy atom. The Hall–Kier alpha value is -1.87. The minimum absolute atomic E-state index is 0.268. The summed E-state index contributed by atoms with van der Waals surface area (Å²) in [6, 6.07) is 10.7. The maximum absolute atomic E-state index is 12.5. The van der Waals surface area contributed by atoms with Crippen LogP contribution in [0.4, 0.5) is 0 Å². The third-order valence-electron chi connectivity index (χ3n) is 3.64. The van der Waals surface area contributed by atoms with E-state index < -0.39 is 10.0 Å². The van der Waals surface area contributed by atoms with Crippen LogP contribution in [-0.4, -0.2) is 31.5 Å². The summed E-state index contributed by atoms with van der Waals surface area (Å²) in [5.41, 5.74) is 1.03. The third kappa shape index (κ3) is 4.60. The smallest absolute Gasteiger partial charge is 0.241 e. The van der Waals surface area contributed by atoms with Crippen LogP contribution in [0.1, 0.15) is 5.56 Å². The molecule has 0 spiro atoms. The standard InChI is InChI=1S/C17H17BrN4O2S/c18-17-5-4-13(11-21-17)10-20-8-9-22-25(23,24)16-3-1-2-14-12-19-7-6-15(14)16/h1-7,11-12,20,22H,8-10H2. The van der Waals surface area contributed by atoms with E-state index in [2.05, 4.69) is 35.9 Å². The van der Waals surface area contributed by atoms with Crippen molar-refractivity contribution in [1.29, 1.82) is 0 Å². The number of halogens is 1. The fourth-order valence-electron chi connectivity index (χ4n) is 2.42. The highest BCUT2D eigenvalue weighted by Crippen LogP contribution is 2.21. The molecule has 0 radical (unpaired) electrons. The predicted octanol–water partition coefficient (Wildman–Crippen LogP) is 2.46. The molecular formula is C17H17BrN4O2S. The number of aromatic nitrogens is 2. The second kappa shape index (κ2) is 8.01. The molecule has 25 heavy (non-hydrogen) atoms. The number of fused-ring (bicyclic) bond motifs is 1. The molecule has 0 aliphatic rings. The summed E-state index contributed by atoms with van der Waals surface area (Å²) >= 11 is 3.29. The van der Waals surface area contributed by atoms with E-state index in [1.807, 2.05) is 18.2 Å². The van der Waals surface area contributed by atoms with Crippen molar-refractivity contribution in [2.45, 2.75) is 11.4 Å². The summed E-state index contributed by atoms with van der Waals surface area (Å²) in [5.74, 6) is 0. The number of sulfonamides is 1. The van der Waals surface area contributed by atoms with E-state index in [1.54, 1.807) is 36.8 Å². The van der Waals surface area contributed by atoms with Gasteiger partial charge in [0.1, 0.15) is 4.60 Å². The molecule has 8 heteroatoms. The van der Waals surface area contributed by atoms with Crippen LogP contribution in [0.5, 0.6) is 0 Å². The van der Waals surface area contributed by atoms with Crippen molar-refractivity contribution < 1.29 is 8.42 Å². The fraction of sp³-hybridized carbons (Fsp3) is 0.176. The quantitative estimate of drug-likeness (QED) is 0.452. The maximum Gasteiger partial charge on any atom is 0.241 e. The van der Waals surface area contributed by atoms with Crippen molar-refractivity contribution in [2.24, 2.45) is 0 Å². The minimum Gasteiger partial charge on any atom is -0.311 e. The number of rotatable bonds is 7. The molecule has 0 atom stereocenters. The van der Waals surface area contributed by atoms with Gasteiger partial charge in [-0.05, 0) is 39.7 Å². The number of benzene rings is 1. The summed E-state index contributed by atoms with van der Waals surface area (Å²) in [5, 5.41) is 4.65. The lowest BCUT2D eigenvalue weighted by molar-refractivity contribution is 0.576. The van der Waals surface area contributed by atoms with E-state index in [1.165, 1.54) is 0 Å². The van der Waals surface area contributed by atoms with Crippen molar-refractivity contribution in [3.05, 3.63) is 65.2 Å². The topological polar surface area (TPSA) is 84.0 Å². The first kappa shape index (κ1) is 17.9. The molecule has 0 bridgehead atoms. The molecule has 130 valence electrons. The third-order valence-corrected chi connectivity index (χ3v) is 5.63. The molecule has 0 unspecified atom stereocenters. The Bertz CT molecular complexity index is 957. The van der Waals surface area contributed by atoms with Crippen molar-refractivity contribution >= 4 is 36.7 Å². The molecule has 2 heterocycles. The van der Waals surface area contributed by atoms with Crippen LogP contribution < -0.4 is 10.0 Å². The number of hydrogen-bond donors (Lipinski definition) is 2. The molecule has 0 amide bonds. The Balaban J connectivity index is 1.57. The van der Waals surface area contributed by atoms with Gasteiger partial charge in [0.2, 0.25) is 10.0 Å². The molecule has 0 saturated heterocycles. The molecule has 2 aromatic heterocycles. The first-order valence-electron chi connectivity index (χ1n) is 7.70. The fourth-order valence-corrected chi connectivity index (χ4v) is 3.92. The summed E-state index contributed by atoms with van der Waals surface area (Å²) in [7, 11) is -3.57. The summed E-state index contributed by atoms with van der Waals surface area (Å²) in [6.07, 6.45) is 5.02. The second-order valence-electron chi connectivity index (χ2n) is 5.42. The highest BCUT2D eigenvalue weighted by Gasteiger charge is 2.16. The van der Waals surface area contributed by atoms with Gasteiger partial charge in [0.05, 0.1) is 4.90 Å². The molecule has 0 fully saturated rings. The first-order chi connectivity index (χ1) is 12.1. The van der Waals surface area contributed by atoms with E-state index >= 15 is 0 Å². The van der Waals surface area contributed by atoms with Crippen molar-refractivity contribution in [1.82, 2.24) is 20.0 Å². The van der Waals surface area contributed by atoms with Gasteiger partial charge in [0.25, 0.3) is 0 Å². The lowest BCUT2D eigenvalue weighted by Gasteiger charge is -2.10. The summed E-state index contributed by atoms with van der Waals surface area (Å²) < 4.78 is 28.5. The Labute approximate surface area is 154 Å². The molecule has 3 rings (SSSR count). The SMILES string of the molecule is O=S(=O)(NCCNCc1ccc(Br)nc1)c1cccc2cnccc12. The Morgan fingerprint density at radius 3 is 2.72 bits per heavy atom. The zero-order chi connectivity index (χ0) is 17.7. The molecule has 0 aliphatic carbocycles. The molecule has 0 aliphatic heterocycles. The zero-order valence-corrected chi connectivity index (χ0v) is 15.7. The monoisotopic (exact) mass is 420 g/mol. The number of pyridine rings is 2. The van der Waals surface area contributed by atoms with Crippen molar-refractivity contribution in [3.8, 4) is 0 Å². The van der Waals surface area contributed by atoms with Crippen LogP contribution in [0.3, 0.4) is 0 Å². The van der Waals surface area contributed by atoms with Crippen LogP contribution >= 0.6 is 15.9 Å². The van der Waals surface area contributed by atoms with Crippen LogP contribution in [0, 0.1) is 0 Å². The van der Waals surface area contributed by atoms with Crippen LogP contribution in [0.25, 0.3) is 10.8 Å².